The summed E-state index contributed by atoms with van der Waals surface area (Å²) in [5.74, 6) is 0. The van der Waals surface area contributed by atoms with Crippen molar-refractivity contribution < 1.29 is 14.6 Å². The molecule has 0 amide bonds. The second kappa shape index (κ2) is 7.96. The van der Waals surface area contributed by atoms with E-state index < -0.39 is 5.60 Å². The topological polar surface area (TPSA) is 82.5 Å². The van der Waals surface area contributed by atoms with Crippen LogP contribution >= 0.6 is 15.9 Å². The van der Waals surface area contributed by atoms with E-state index in [1.165, 1.54) is 0 Å². The van der Waals surface area contributed by atoms with Gasteiger partial charge in [-0.15, -0.1) is 0 Å². The van der Waals surface area contributed by atoms with E-state index in [1.807, 2.05) is 0 Å². The Kier molecular flexibility index (Phi) is 6.95. The summed E-state index contributed by atoms with van der Waals surface area (Å²) in [5.41, 5.74) is 5.14. The minimum atomic E-state index is -1.10. The summed E-state index contributed by atoms with van der Waals surface area (Å²) in [4.78, 5) is 0. The van der Waals surface area contributed by atoms with Crippen LogP contribution in [0.1, 0.15) is 18.5 Å². The summed E-state index contributed by atoms with van der Waals surface area (Å²) in [7, 11) is 3.20. The van der Waals surface area contributed by atoms with Crippen molar-refractivity contribution in [3.8, 4) is 0 Å². The molecule has 6 nitrogen and oxygen atoms in total. The average molecular weight is 336 g/mol. The summed E-state index contributed by atoms with van der Waals surface area (Å²) in [6.07, 6.45) is 2.91. The van der Waals surface area contributed by atoms with Crippen LogP contribution in [-0.2, 0) is 21.6 Å². The summed E-state index contributed by atoms with van der Waals surface area (Å²) >= 11 is 3.44. The molecule has 0 spiro atoms. The van der Waals surface area contributed by atoms with E-state index in [9.17, 15) is 5.11 Å². The maximum absolute atomic E-state index is 10.9. The van der Waals surface area contributed by atoms with Gasteiger partial charge in [-0.3, -0.25) is 4.68 Å². The lowest BCUT2D eigenvalue weighted by atomic mass is 9.94. The van der Waals surface area contributed by atoms with Crippen LogP contribution in [0.4, 0.5) is 0 Å². The smallest absolute Gasteiger partial charge is 0.130 e. The second-order valence-electron chi connectivity index (χ2n) is 4.41. The molecular weight excluding hydrogens is 314 g/mol. The zero-order valence-electron chi connectivity index (χ0n) is 11.4. The number of rotatable bonds is 9. The van der Waals surface area contributed by atoms with Gasteiger partial charge in [0, 0.05) is 14.2 Å². The highest BCUT2D eigenvalue weighted by Crippen LogP contribution is 2.32. The number of hydrogen-bond donors (Lipinski definition) is 2. The van der Waals surface area contributed by atoms with Crippen LogP contribution in [0.2, 0.25) is 0 Å². The predicted octanol–water partition coefficient (Wildman–Crippen LogP) is 0.865. The number of methoxy groups -OCH3 is 2. The highest BCUT2D eigenvalue weighted by atomic mass is 79.9. The Labute approximate surface area is 122 Å². The Bertz CT molecular complexity index is 386. The highest BCUT2D eigenvalue weighted by Gasteiger charge is 2.34. The zero-order valence-corrected chi connectivity index (χ0v) is 13.0. The molecule has 1 atom stereocenters. The Morgan fingerprint density at radius 1 is 1.47 bits per heavy atom. The average Bonchev–Trinajstić information content (AvgIpc) is 2.76. The van der Waals surface area contributed by atoms with E-state index in [-0.39, 0.29) is 6.61 Å². The number of ether oxygens (including phenoxy) is 2. The predicted molar refractivity (Wildman–Crippen MR) is 75.9 cm³/mol. The Balaban J connectivity index is 3.02. The number of hydrogen-bond acceptors (Lipinski definition) is 5. The van der Waals surface area contributed by atoms with Crippen LogP contribution in [0.3, 0.4) is 0 Å². The lowest BCUT2D eigenvalue weighted by Crippen LogP contribution is -2.35. The van der Waals surface area contributed by atoms with E-state index in [1.54, 1.807) is 25.1 Å². The minimum absolute atomic E-state index is 0.199. The first-order valence-corrected chi connectivity index (χ1v) is 7.00. The maximum atomic E-state index is 10.9. The van der Waals surface area contributed by atoms with Crippen LogP contribution in [-0.4, -0.2) is 48.9 Å². The van der Waals surface area contributed by atoms with Crippen LogP contribution < -0.4 is 5.73 Å². The van der Waals surface area contributed by atoms with Crippen molar-refractivity contribution >= 4 is 15.9 Å². The summed E-state index contributed by atoms with van der Waals surface area (Å²) in [5, 5.41) is 15.1. The number of nitrogens with zero attached hydrogens (tertiary/aromatic N) is 2. The van der Waals surface area contributed by atoms with E-state index in [4.69, 9.17) is 15.2 Å². The van der Waals surface area contributed by atoms with Crippen molar-refractivity contribution in [3.05, 3.63) is 16.4 Å². The summed E-state index contributed by atoms with van der Waals surface area (Å²) < 4.78 is 12.7. The minimum Gasteiger partial charge on any atom is -0.383 e. The molecular formula is C12H22BrN3O3. The molecule has 1 aromatic rings. The summed E-state index contributed by atoms with van der Waals surface area (Å²) in [6, 6.07) is 0. The van der Waals surface area contributed by atoms with Gasteiger partial charge in [0.2, 0.25) is 0 Å². The zero-order chi connectivity index (χ0) is 14.3. The van der Waals surface area contributed by atoms with Crippen LogP contribution in [0, 0.1) is 0 Å². The number of aromatic nitrogens is 2. The van der Waals surface area contributed by atoms with E-state index >= 15 is 0 Å². The van der Waals surface area contributed by atoms with Gasteiger partial charge in [-0.25, -0.2) is 0 Å². The fourth-order valence-corrected chi connectivity index (χ4v) is 2.73. The molecule has 0 radical (unpaired) electrons. The van der Waals surface area contributed by atoms with Gasteiger partial charge in [-0.05, 0) is 35.3 Å². The molecule has 0 saturated carbocycles. The van der Waals surface area contributed by atoms with Gasteiger partial charge in [0.15, 0.2) is 0 Å². The first kappa shape index (κ1) is 16.6. The molecule has 0 saturated heterocycles. The lowest BCUT2D eigenvalue weighted by molar-refractivity contribution is -0.0502. The largest absolute Gasteiger partial charge is 0.383 e. The maximum Gasteiger partial charge on any atom is 0.130 e. The molecule has 110 valence electrons. The Morgan fingerprint density at radius 3 is 2.79 bits per heavy atom. The van der Waals surface area contributed by atoms with Gasteiger partial charge in [0.1, 0.15) is 5.60 Å². The quantitative estimate of drug-likeness (QED) is 0.699. The van der Waals surface area contributed by atoms with Gasteiger partial charge in [-0.1, -0.05) is 0 Å². The normalized spacial score (nSPS) is 14.6. The van der Waals surface area contributed by atoms with E-state index in [0.29, 0.717) is 38.2 Å². The lowest BCUT2D eigenvalue weighted by Gasteiger charge is -2.28. The van der Waals surface area contributed by atoms with E-state index in [2.05, 4.69) is 21.0 Å². The molecule has 0 aliphatic heterocycles. The van der Waals surface area contributed by atoms with Crippen molar-refractivity contribution in [2.45, 2.75) is 25.0 Å². The summed E-state index contributed by atoms with van der Waals surface area (Å²) in [6.45, 7) is 1.83. The Hall–Kier alpha value is -0.470. The third-order valence-corrected chi connectivity index (χ3v) is 3.50. The van der Waals surface area contributed by atoms with Crippen molar-refractivity contribution in [1.82, 2.24) is 9.78 Å². The molecule has 0 fully saturated rings. The number of nitrogens with two attached hydrogens (primary N) is 1. The van der Waals surface area contributed by atoms with Gasteiger partial charge in [0.05, 0.1) is 36.1 Å². The molecule has 19 heavy (non-hydrogen) atoms. The van der Waals surface area contributed by atoms with Crippen LogP contribution in [0.15, 0.2) is 10.7 Å². The molecule has 1 rings (SSSR count). The van der Waals surface area contributed by atoms with Crippen LogP contribution in [0.5, 0.6) is 0 Å². The molecule has 0 aliphatic carbocycles. The SMILES string of the molecule is COCCn1ncc(Br)c1C(O)(CCCN)COC. The van der Waals surface area contributed by atoms with Crippen molar-refractivity contribution in [1.29, 1.82) is 0 Å². The van der Waals surface area contributed by atoms with Crippen LogP contribution in [0.25, 0.3) is 0 Å². The first-order valence-electron chi connectivity index (χ1n) is 6.21. The molecule has 1 heterocycles. The van der Waals surface area contributed by atoms with Gasteiger partial charge in [-0.2, -0.15) is 5.10 Å². The highest BCUT2D eigenvalue weighted by molar-refractivity contribution is 9.10. The van der Waals surface area contributed by atoms with Crippen molar-refractivity contribution in [2.24, 2.45) is 5.73 Å². The third-order valence-electron chi connectivity index (χ3n) is 2.92. The number of aliphatic hydroxyl groups is 1. The van der Waals surface area contributed by atoms with Crippen molar-refractivity contribution in [2.75, 3.05) is 34.0 Å². The van der Waals surface area contributed by atoms with Gasteiger partial charge >= 0.3 is 0 Å². The standard InChI is InChI=1S/C12H22BrN3O3/c1-18-7-6-16-11(10(13)8-15-16)12(17,9-19-2)4-3-5-14/h8,17H,3-7,9,14H2,1-2H3. The van der Waals surface area contributed by atoms with E-state index in [0.717, 1.165) is 4.47 Å². The molecule has 0 bridgehead atoms. The monoisotopic (exact) mass is 335 g/mol. The first-order chi connectivity index (χ1) is 9.09. The molecule has 7 heteroatoms. The molecule has 0 aliphatic rings. The fraction of sp³-hybridized carbons (Fsp3) is 0.750. The Morgan fingerprint density at radius 2 is 2.21 bits per heavy atom. The molecule has 0 aromatic carbocycles. The molecule has 3 N–H and O–H groups in total. The van der Waals surface area contributed by atoms with Gasteiger partial charge < -0.3 is 20.3 Å². The third kappa shape index (κ3) is 4.25. The van der Waals surface area contributed by atoms with Gasteiger partial charge in [0.25, 0.3) is 0 Å². The van der Waals surface area contributed by atoms with Crippen molar-refractivity contribution in [3.63, 3.8) is 0 Å². The molecule has 1 unspecified atom stereocenters. The number of halogens is 1. The molecule has 1 aromatic heterocycles. The fourth-order valence-electron chi connectivity index (χ4n) is 2.06. The second-order valence-corrected chi connectivity index (χ2v) is 5.27.